The molecule has 0 unspecified atom stereocenters. The molecule has 0 saturated heterocycles. The quantitative estimate of drug-likeness (QED) is 0.824. The second-order valence-electron chi connectivity index (χ2n) is 4.45. The smallest absolute Gasteiger partial charge is 0.0992 e. The van der Waals surface area contributed by atoms with Crippen molar-refractivity contribution in [2.75, 3.05) is 0 Å². The Morgan fingerprint density at radius 1 is 1.44 bits per heavy atom. The molecule has 86 valence electrons. The van der Waals surface area contributed by atoms with E-state index in [9.17, 15) is 0 Å². The molecule has 16 heavy (non-hydrogen) atoms. The van der Waals surface area contributed by atoms with Gasteiger partial charge >= 0.3 is 0 Å². The molecule has 1 rings (SSSR count). The van der Waals surface area contributed by atoms with E-state index in [1.807, 2.05) is 32.9 Å². The van der Waals surface area contributed by atoms with Crippen LogP contribution in [0, 0.1) is 11.3 Å². The number of benzene rings is 1. The van der Waals surface area contributed by atoms with E-state index in [1.165, 1.54) is 0 Å². The summed E-state index contributed by atoms with van der Waals surface area (Å²) in [5, 5.41) is 9.26. The predicted octanol–water partition coefficient (Wildman–Crippen LogP) is 3.03. The maximum absolute atomic E-state index is 8.69. The van der Waals surface area contributed by atoms with Crippen molar-refractivity contribution in [3.63, 3.8) is 0 Å². The minimum Gasteiger partial charge on any atom is -0.296 e. The van der Waals surface area contributed by atoms with Gasteiger partial charge in [-0.05, 0) is 38.5 Å². The van der Waals surface area contributed by atoms with Crippen LogP contribution in [0.4, 0.5) is 0 Å². The van der Waals surface area contributed by atoms with Gasteiger partial charge in [0.15, 0.2) is 0 Å². The van der Waals surface area contributed by atoms with Crippen LogP contribution in [-0.2, 0) is 11.4 Å². The van der Waals surface area contributed by atoms with E-state index in [2.05, 4.69) is 5.48 Å². The highest BCUT2D eigenvalue weighted by atomic mass is 35.5. The molecule has 1 aromatic carbocycles. The van der Waals surface area contributed by atoms with E-state index in [4.69, 9.17) is 21.7 Å². The number of nitrogens with one attached hydrogen (secondary N) is 1. The molecule has 0 aliphatic heterocycles. The highest BCUT2D eigenvalue weighted by Gasteiger charge is 2.10. The Hall–Kier alpha value is -1.08. The molecule has 4 heteroatoms. The number of hydrogen-bond acceptors (Lipinski definition) is 3. The standard InChI is InChI=1S/C12H15ClN2O/c1-12(2,3)16-15-8-10-5-4-9(7-14)6-11(10)13/h4-6,15H,8H2,1-3H3. The molecule has 0 atom stereocenters. The second kappa shape index (κ2) is 5.31. The molecule has 0 heterocycles. The van der Waals surface area contributed by atoms with Gasteiger partial charge in [0.1, 0.15) is 0 Å². The van der Waals surface area contributed by atoms with E-state index >= 15 is 0 Å². The first-order valence-electron chi connectivity index (χ1n) is 5.02. The third-order valence-corrected chi connectivity index (χ3v) is 2.17. The van der Waals surface area contributed by atoms with Gasteiger partial charge in [-0.3, -0.25) is 4.84 Å². The van der Waals surface area contributed by atoms with Crippen LogP contribution < -0.4 is 5.48 Å². The fourth-order valence-electron chi connectivity index (χ4n) is 1.09. The lowest BCUT2D eigenvalue weighted by molar-refractivity contribution is -0.0757. The number of hydroxylamine groups is 1. The van der Waals surface area contributed by atoms with Gasteiger partial charge in [-0.25, -0.2) is 0 Å². The largest absolute Gasteiger partial charge is 0.296 e. The third kappa shape index (κ3) is 4.19. The molecule has 0 fully saturated rings. The average Bonchev–Trinajstić information content (AvgIpc) is 2.18. The first-order chi connectivity index (χ1) is 7.42. The van der Waals surface area contributed by atoms with Gasteiger partial charge in [0.25, 0.3) is 0 Å². The average molecular weight is 239 g/mol. The predicted molar refractivity (Wildman–Crippen MR) is 63.8 cm³/mol. The number of rotatable bonds is 3. The van der Waals surface area contributed by atoms with Crippen LogP contribution in [0.3, 0.4) is 0 Å². The van der Waals surface area contributed by atoms with Gasteiger partial charge in [0.05, 0.1) is 17.2 Å². The van der Waals surface area contributed by atoms with Crippen LogP contribution in [0.5, 0.6) is 0 Å². The van der Waals surface area contributed by atoms with Gasteiger partial charge in [-0.2, -0.15) is 10.7 Å². The Morgan fingerprint density at radius 2 is 2.12 bits per heavy atom. The molecule has 0 aliphatic rings. The minimum absolute atomic E-state index is 0.237. The van der Waals surface area contributed by atoms with Gasteiger partial charge in [0.2, 0.25) is 0 Å². The second-order valence-corrected chi connectivity index (χ2v) is 4.86. The number of hydrogen-bond donors (Lipinski definition) is 1. The SMILES string of the molecule is CC(C)(C)ONCc1ccc(C#N)cc1Cl. The molecule has 0 aliphatic carbocycles. The van der Waals surface area contributed by atoms with Crippen molar-refractivity contribution < 1.29 is 4.84 Å². The van der Waals surface area contributed by atoms with Crippen molar-refractivity contribution >= 4 is 11.6 Å². The molecular formula is C12H15ClN2O. The van der Waals surface area contributed by atoms with Crippen molar-refractivity contribution in [3.05, 3.63) is 34.3 Å². The van der Waals surface area contributed by atoms with E-state index in [1.54, 1.807) is 12.1 Å². The molecule has 0 amide bonds. The summed E-state index contributed by atoms with van der Waals surface area (Å²) < 4.78 is 0. The molecular weight excluding hydrogens is 224 g/mol. The summed E-state index contributed by atoms with van der Waals surface area (Å²) in [4.78, 5) is 5.37. The Balaban J connectivity index is 2.59. The van der Waals surface area contributed by atoms with Crippen LogP contribution in [0.25, 0.3) is 0 Å². The normalized spacial score (nSPS) is 11.2. The van der Waals surface area contributed by atoms with Crippen molar-refractivity contribution in [1.29, 1.82) is 5.26 Å². The summed E-state index contributed by atoms with van der Waals surface area (Å²) in [7, 11) is 0. The zero-order valence-electron chi connectivity index (χ0n) is 9.67. The summed E-state index contributed by atoms with van der Waals surface area (Å²) in [6.45, 7) is 6.39. The van der Waals surface area contributed by atoms with E-state index in [0.29, 0.717) is 17.1 Å². The zero-order valence-corrected chi connectivity index (χ0v) is 10.4. The summed E-state index contributed by atoms with van der Waals surface area (Å²) in [6.07, 6.45) is 0. The lowest BCUT2D eigenvalue weighted by Crippen LogP contribution is -2.28. The lowest BCUT2D eigenvalue weighted by Gasteiger charge is -2.19. The topological polar surface area (TPSA) is 45.0 Å². The Labute approximate surface area is 101 Å². The maximum atomic E-state index is 8.69. The lowest BCUT2D eigenvalue weighted by atomic mass is 10.1. The molecule has 0 spiro atoms. The molecule has 3 nitrogen and oxygen atoms in total. The maximum Gasteiger partial charge on any atom is 0.0992 e. The first-order valence-corrected chi connectivity index (χ1v) is 5.39. The number of nitrogens with zero attached hydrogens (tertiary/aromatic N) is 1. The summed E-state index contributed by atoms with van der Waals surface area (Å²) in [5.74, 6) is 0. The van der Waals surface area contributed by atoms with E-state index < -0.39 is 0 Å². The molecule has 1 aromatic rings. The van der Waals surface area contributed by atoms with E-state index in [0.717, 1.165) is 5.56 Å². The Morgan fingerprint density at radius 3 is 2.62 bits per heavy atom. The Bertz CT molecular complexity index is 404. The molecule has 0 aromatic heterocycles. The van der Waals surface area contributed by atoms with Gasteiger partial charge in [-0.1, -0.05) is 17.7 Å². The fourth-order valence-corrected chi connectivity index (χ4v) is 1.34. The highest BCUT2D eigenvalue weighted by molar-refractivity contribution is 6.31. The molecule has 0 saturated carbocycles. The van der Waals surface area contributed by atoms with Crippen LogP contribution in [0.2, 0.25) is 5.02 Å². The van der Waals surface area contributed by atoms with Gasteiger partial charge < -0.3 is 0 Å². The van der Waals surface area contributed by atoms with Crippen LogP contribution in [0.1, 0.15) is 31.9 Å². The highest BCUT2D eigenvalue weighted by Crippen LogP contribution is 2.17. The minimum atomic E-state index is -0.237. The van der Waals surface area contributed by atoms with Crippen LogP contribution >= 0.6 is 11.6 Å². The van der Waals surface area contributed by atoms with Crippen LogP contribution in [-0.4, -0.2) is 5.60 Å². The van der Waals surface area contributed by atoms with Gasteiger partial charge in [-0.15, -0.1) is 0 Å². The Kier molecular flexibility index (Phi) is 4.31. The van der Waals surface area contributed by atoms with Crippen molar-refractivity contribution in [2.24, 2.45) is 0 Å². The fraction of sp³-hybridized carbons (Fsp3) is 0.417. The van der Waals surface area contributed by atoms with Crippen molar-refractivity contribution in [2.45, 2.75) is 32.9 Å². The molecule has 0 radical (unpaired) electrons. The summed E-state index contributed by atoms with van der Waals surface area (Å²) >= 11 is 6.01. The third-order valence-electron chi connectivity index (χ3n) is 1.82. The molecule has 1 N–H and O–H groups in total. The number of nitriles is 1. The monoisotopic (exact) mass is 238 g/mol. The van der Waals surface area contributed by atoms with Crippen molar-refractivity contribution in [3.8, 4) is 6.07 Å². The molecule has 0 bridgehead atoms. The summed E-state index contributed by atoms with van der Waals surface area (Å²) in [6, 6.07) is 7.24. The first kappa shape index (κ1) is 13.0. The van der Waals surface area contributed by atoms with E-state index in [-0.39, 0.29) is 5.60 Å². The zero-order chi connectivity index (χ0) is 12.2. The summed E-state index contributed by atoms with van der Waals surface area (Å²) in [5.41, 5.74) is 4.08. The van der Waals surface area contributed by atoms with Gasteiger partial charge in [0, 0.05) is 11.6 Å². The van der Waals surface area contributed by atoms with Crippen molar-refractivity contribution in [1.82, 2.24) is 5.48 Å². The van der Waals surface area contributed by atoms with Crippen LogP contribution in [0.15, 0.2) is 18.2 Å². The number of halogens is 1.